The van der Waals surface area contributed by atoms with Crippen molar-refractivity contribution in [3.05, 3.63) is 42.1 Å². The minimum Gasteiger partial charge on any atom is -0.313 e. The first kappa shape index (κ1) is 15.1. The van der Waals surface area contributed by atoms with Gasteiger partial charge in [-0.15, -0.1) is 0 Å². The molecule has 2 rings (SSSR count). The minimum atomic E-state index is 0.878. The number of benzene rings is 1. The van der Waals surface area contributed by atoms with Crippen molar-refractivity contribution in [2.24, 2.45) is 0 Å². The summed E-state index contributed by atoms with van der Waals surface area (Å²) in [4.78, 5) is 0. The highest BCUT2D eigenvalue weighted by molar-refractivity contribution is 7.98. The molecular weight excluding hydrogens is 266 g/mol. The van der Waals surface area contributed by atoms with Gasteiger partial charge in [0.15, 0.2) is 0 Å². The number of H-pyrrole nitrogens is 1. The highest BCUT2D eigenvalue weighted by Crippen LogP contribution is 2.20. The maximum absolute atomic E-state index is 4.17. The summed E-state index contributed by atoms with van der Waals surface area (Å²) < 4.78 is 0. The molecule has 20 heavy (non-hydrogen) atoms. The van der Waals surface area contributed by atoms with Crippen molar-refractivity contribution in [3.8, 4) is 11.3 Å². The highest BCUT2D eigenvalue weighted by Gasteiger charge is 2.06. The third kappa shape index (κ3) is 4.69. The molecule has 0 aliphatic heterocycles. The van der Waals surface area contributed by atoms with Gasteiger partial charge in [0, 0.05) is 12.1 Å². The SMILES string of the molecule is CSCCCCCNCc1cn[nH]c1-c1ccccc1. The molecule has 108 valence electrons. The van der Waals surface area contributed by atoms with Crippen molar-refractivity contribution in [2.75, 3.05) is 18.6 Å². The molecule has 2 aromatic rings. The van der Waals surface area contributed by atoms with Crippen LogP contribution in [0.15, 0.2) is 36.5 Å². The van der Waals surface area contributed by atoms with Gasteiger partial charge in [-0.05, 0) is 37.0 Å². The Labute approximate surface area is 125 Å². The molecule has 0 unspecified atom stereocenters. The zero-order valence-corrected chi connectivity index (χ0v) is 12.9. The van der Waals surface area contributed by atoms with Crippen LogP contribution in [0.4, 0.5) is 0 Å². The molecule has 1 aromatic carbocycles. The number of aromatic nitrogens is 2. The van der Waals surface area contributed by atoms with Crippen molar-refractivity contribution in [2.45, 2.75) is 25.8 Å². The molecule has 0 bridgehead atoms. The Morgan fingerprint density at radius 1 is 1.15 bits per heavy atom. The number of nitrogens with one attached hydrogen (secondary N) is 2. The lowest BCUT2D eigenvalue weighted by atomic mass is 10.1. The second-order valence-electron chi connectivity index (χ2n) is 4.87. The summed E-state index contributed by atoms with van der Waals surface area (Å²) in [5.74, 6) is 1.28. The molecule has 0 spiro atoms. The van der Waals surface area contributed by atoms with E-state index in [9.17, 15) is 0 Å². The fourth-order valence-corrected chi connectivity index (χ4v) is 2.69. The fourth-order valence-electron chi connectivity index (χ4n) is 2.20. The summed E-state index contributed by atoms with van der Waals surface area (Å²) in [7, 11) is 0. The molecule has 3 nitrogen and oxygen atoms in total. The Bertz CT molecular complexity index is 481. The van der Waals surface area contributed by atoms with Gasteiger partial charge < -0.3 is 5.32 Å². The first-order chi connectivity index (χ1) is 9.92. The van der Waals surface area contributed by atoms with E-state index < -0.39 is 0 Å². The molecule has 0 saturated carbocycles. The zero-order chi connectivity index (χ0) is 14.0. The van der Waals surface area contributed by atoms with Crippen molar-refractivity contribution in [3.63, 3.8) is 0 Å². The predicted molar refractivity (Wildman–Crippen MR) is 88.0 cm³/mol. The molecule has 0 saturated heterocycles. The van der Waals surface area contributed by atoms with E-state index in [1.807, 2.05) is 24.0 Å². The van der Waals surface area contributed by atoms with Crippen LogP contribution in [0.25, 0.3) is 11.3 Å². The number of nitrogens with zero attached hydrogens (tertiary/aromatic N) is 1. The van der Waals surface area contributed by atoms with E-state index in [2.05, 4.69) is 46.0 Å². The number of unbranched alkanes of at least 4 members (excludes halogenated alkanes) is 2. The van der Waals surface area contributed by atoms with E-state index in [1.54, 1.807) is 0 Å². The van der Waals surface area contributed by atoms with Crippen molar-refractivity contribution in [1.82, 2.24) is 15.5 Å². The lowest BCUT2D eigenvalue weighted by molar-refractivity contribution is 0.619. The summed E-state index contributed by atoms with van der Waals surface area (Å²) in [6.45, 7) is 1.96. The van der Waals surface area contributed by atoms with E-state index in [1.165, 1.54) is 36.1 Å². The van der Waals surface area contributed by atoms with Crippen LogP contribution >= 0.6 is 11.8 Å². The van der Waals surface area contributed by atoms with Gasteiger partial charge in [-0.3, -0.25) is 5.10 Å². The maximum Gasteiger partial charge on any atom is 0.0695 e. The Hall–Kier alpha value is -1.26. The van der Waals surface area contributed by atoms with Gasteiger partial charge in [0.1, 0.15) is 0 Å². The van der Waals surface area contributed by atoms with Crippen LogP contribution in [0, 0.1) is 0 Å². The van der Waals surface area contributed by atoms with Gasteiger partial charge in [0.25, 0.3) is 0 Å². The van der Waals surface area contributed by atoms with Crippen LogP contribution in [-0.2, 0) is 6.54 Å². The molecule has 0 aliphatic rings. The lowest BCUT2D eigenvalue weighted by Gasteiger charge is -2.06. The second kappa shape index (κ2) is 8.82. The topological polar surface area (TPSA) is 40.7 Å². The van der Waals surface area contributed by atoms with Gasteiger partial charge in [-0.25, -0.2) is 0 Å². The number of rotatable bonds is 9. The van der Waals surface area contributed by atoms with Gasteiger partial charge in [-0.2, -0.15) is 16.9 Å². The summed E-state index contributed by atoms with van der Waals surface area (Å²) >= 11 is 1.93. The average molecular weight is 289 g/mol. The van der Waals surface area contributed by atoms with Gasteiger partial charge in [-0.1, -0.05) is 36.8 Å². The molecule has 1 aromatic heterocycles. The first-order valence-corrected chi connectivity index (χ1v) is 8.58. The maximum atomic E-state index is 4.17. The molecule has 0 fully saturated rings. The largest absolute Gasteiger partial charge is 0.313 e. The van der Waals surface area contributed by atoms with Gasteiger partial charge >= 0.3 is 0 Å². The van der Waals surface area contributed by atoms with Crippen molar-refractivity contribution < 1.29 is 0 Å². The molecule has 1 heterocycles. The molecule has 4 heteroatoms. The minimum absolute atomic E-state index is 0.878. The summed E-state index contributed by atoms with van der Waals surface area (Å²) in [5, 5.41) is 10.8. The number of hydrogen-bond acceptors (Lipinski definition) is 3. The standard InChI is InChI=1S/C16H23N3S/c1-20-11-7-3-6-10-17-12-15-13-18-19-16(15)14-8-4-2-5-9-14/h2,4-5,8-9,13,17H,3,6-7,10-12H2,1H3,(H,18,19). The molecular formula is C16H23N3S. The summed E-state index contributed by atoms with van der Waals surface area (Å²) in [6.07, 6.45) is 7.97. The average Bonchev–Trinajstić information content (AvgIpc) is 2.96. The van der Waals surface area contributed by atoms with E-state index in [-0.39, 0.29) is 0 Å². The molecule has 0 amide bonds. The molecule has 0 radical (unpaired) electrons. The van der Waals surface area contributed by atoms with E-state index >= 15 is 0 Å². The summed E-state index contributed by atoms with van der Waals surface area (Å²) in [6, 6.07) is 10.4. The quantitative estimate of drug-likeness (QED) is 0.692. The van der Waals surface area contributed by atoms with E-state index in [0.717, 1.165) is 18.8 Å². The molecule has 0 atom stereocenters. The predicted octanol–water partition coefficient (Wildman–Crippen LogP) is 3.70. The number of hydrogen-bond donors (Lipinski definition) is 2. The monoisotopic (exact) mass is 289 g/mol. The zero-order valence-electron chi connectivity index (χ0n) is 12.1. The fraction of sp³-hybridized carbons (Fsp3) is 0.438. The Kier molecular flexibility index (Phi) is 6.68. The normalized spacial score (nSPS) is 10.8. The Balaban J connectivity index is 1.76. The lowest BCUT2D eigenvalue weighted by Crippen LogP contribution is -2.14. The molecule has 0 aliphatic carbocycles. The van der Waals surface area contributed by atoms with Crippen LogP contribution in [-0.4, -0.2) is 28.8 Å². The summed E-state index contributed by atoms with van der Waals surface area (Å²) in [5.41, 5.74) is 3.56. The van der Waals surface area contributed by atoms with Crippen LogP contribution in [0.1, 0.15) is 24.8 Å². The third-order valence-electron chi connectivity index (χ3n) is 3.30. The van der Waals surface area contributed by atoms with Crippen LogP contribution in [0.2, 0.25) is 0 Å². The van der Waals surface area contributed by atoms with Gasteiger partial charge in [0.05, 0.1) is 11.9 Å². The second-order valence-corrected chi connectivity index (χ2v) is 5.85. The third-order valence-corrected chi connectivity index (χ3v) is 3.99. The van der Waals surface area contributed by atoms with Crippen LogP contribution in [0.5, 0.6) is 0 Å². The Morgan fingerprint density at radius 3 is 2.80 bits per heavy atom. The van der Waals surface area contributed by atoms with Crippen molar-refractivity contribution in [1.29, 1.82) is 0 Å². The molecule has 2 N–H and O–H groups in total. The van der Waals surface area contributed by atoms with Crippen molar-refractivity contribution >= 4 is 11.8 Å². The van der Waals surface area contributed by atoms with Gasteiger partial charge in [0.2, 0.25) is 0 Å². The smallest absolute Gasteiger partial charge is 0.0695 e. The number of thioether (sulfide) groups is 1. The van der Waals surface area contributed by atoms with E-state index in [4.69, 9.17) is 0 Å². The first-order valence-electron chi connectivity index (χ1n) is 7.19. The van der Waals surface area contributed by atoms with E-state index in [0.29, 0.717) is 0 Å². The number of aromatic amines is 1. The Morgan fingerprint density at radius 2 is 2.00 bits per heavy atom. The highest BCUT2D eigenvalue weighted by atomic mass is 32.2. The van der Waals surface area contributed by atoms with Crippen LogP contribution < -0.4 is 5.32 Å². The van der Waals surface area contributed by atoms with Crippen LogP contribution in [0.3, 0.4) is 0 Å².